The Morgan fingerprint density at radius 2 is 1.83 bits per heavy atom. The van der Waals surface area contributed by atoms with Crippen molar-refractivity contribution in [3.63, 3.8) is 0 Å². The fourth-order valence-corrected chi connectivity index (χ4v) is 6.21. The lowest BCUT2D eigenvalue weighted by Crippen LogP contribution is -2.38. The van der Waals surface area contributed by atoms with Crippen molar-refractivity contribution in [3.8, 4) is 0 Å². The van der Waals surface area contributed by atoms with Gasteiger partial charge in [-0.2, -0.15) is 16.1 Å². The number of hydrogen-bond acceptors (Lipinski definition) is 4. The summed E-state index contributed by atoms with van der Waals surface area (Å²) in [4.78, 5) is 14.8. The van der Waals surface area contributed by atoms with Gasteiger partial charge in [0.1, 0.15) is 0 Å². The molecule has 0 N–H and O–H groups in total. The molecule has 0 aliphatic carbocycles. The van der Waals surface area contributed by atoms with E-state index in [0.717, 1.165) is 28.3 Å². The summed E-state index contributed by atoms with van der Waals surface area (Å²) in [7, 11) is -3.51. The number of sulfonamides is 1. The summed E-state index contributed by atoms with van der Waals surface area (Å²) in [6.45, 7) is 9.26. The molecule has 0 aromatic heterocycles. The van der Waals surface area contributed by atoms with Crippen LogP contribution in [0.1, 0.15) is 31.9 Å². The maximum Gasteiger partial charge on any atom is 0.243 e. The Hall–Kier alpha value is -1.05. The molecule has 5 nitrogen and oxygen atoms in total. The van der Waals surface area contributed by atoms with Gasteiger partial charge in [-0.05, 0) is 51.0 Å². The Morgan fingerprint density at radius 1 is 1.21 bits per heavy atom. The van der Waals surface area contributed by atoms with E-state index >= 15 is 0 Å². The Morgan fingerprint density at radius 3 is 2.42 bits per heavy atom. The van der Waals surface area contributed by atoms with E-state index in [0.29, 0.717) is 24.5 Å². The third-order valence-corrected chi connectivity index (χ3v) is 7.74. The molecule has 2 aliphatic rings. The van der Waals surface area contributed by atoms with Gasteiger partial charge in [0.15, 0.2) is 0 Å². The molecule has 2 heterocycles. The number of hydrogen-bond donors (Lipinski definition) is 0. The predicted molar refractivity (Wildman–Crippen MR) is 98.3 cm³/mol. The number of fused-ring (bicyclic) bond motifs is 1. The Bertz CT molecular complexity index is 781. The quantitative estimate of drug-likeness (QED) is 0.822. The van der Waals surface area contributed by atoms with Crippen molar-refractivity contribution in [1.82, 2.24) is 4.31 Å². The van der Waals surface area contributed by atoms with Crippen LogP contribution in [0.2, 0.25) is 0 Å². The van der Waals surface area contributed by atoms with E-state index in [9.17, 15) is 13.2 Å². The van der Waals surface area contributed by atoms with Gasteiger partial charge < -0.3 is 4.90 Å². The van der Waals surface area contributed by atoms with Gasteiger partial charge >= 0.3 is 0 Å². The van der Waals surface area contributed by atoms with Crippen LogP contribution in [0.25, 0.3) is 0 Å². The van der Waals surface area contributed by atoms with E-state index in [2.05, 4.69) is 0 Å². The Labute approximate surface area is 148 Å². The van der Waals surface area contributed by atoms with Crippen molar-refractivity contribution in [2.24, 2.45) is 0 Å². The first-order valence-corrected chi connectivity index (χ1v) is 10.9. The second-order valence-electron chi connectivity index (χ2n) is 6.83. The lowest BCUT2D eigenvalue weighted by atomic mass is 9.85. The second-order valence-corrected chi connectivity index (χ2v) is 9.99. The van der Waals surface area contributed by atoms with Crippen LogP contribution >= 0.6 is 11.8 Å². The molecular weight excluding hydrogens is 344 g/mol. The van der Waals surface area contributed by atoms with Crippen LogP contribution in [0, 0.1) is 6.92 Å². The topological polar surface area (TPSA) is 57.7 Å². The molecule has 0 atom stereocenters. The van der Waals surface area contributed by atoms with Gasteiger partial charge in [0, 0.05) is 31.1 Å². The van der Waals surface area contributed by atoms with E-state index < -0.39 is 15.4 Å². The predicted octanol–water partition coefficient (Wildman–Crippen LogP) is 2.38. The van der Waals surface area contributed by atoms with E-state index in [-0.39, 0.29) is 5.91 Å². The highest BCUT2D eigenvalue weighted by molar-refractivity contribution is 7.99. The summed E-state index contributed by atoms with van der Waals surface area (Å²) in [5, 5.41) is 0. The first-order valence-electron chi connectivity index (χ1n) is 8.26. The van der Waals surface area contributed by atoms with Crippen molar-refractivity contribution in [1.29, 1.82) is 0 Å². The summed E-state index contributed by atoms with van der Waals surface area (Å²) in [6, 6.07) is 3.43. The van der Waals surface area contributed by atoms with Crippen LogP contribution in [0.15, 0.2) is 17.0 Å². The third-order valence-electron chi connectivity index (χ3n) is 4.92. The minimum atomic E-state index is -3.51. The number of anilines is 1. The minimum Gasteiger partial charge on any atom is -0.311 e. The van der Waals surface area contributed by atoms with Gasteiger partial charge in [-0.25, -0.2) is 8.42 Å². The average Bonchev–Trinajstić information content (AvgIpc) is 2.76. The van der Waals surface area contributed by atoms with Crippen LogP contribution < -0.4 is 4.90 Å². The molecule has 7 heteroatoms. The molecule has 2 aliphatic heterocycles. The number of benzene rings is 1. The number of aryl methyl sites for hydroxylation is 1. The van der Waals surface area contributed by atoms with Crippen LogP contribution in [0.3, 0.4) is 0 Å². The highest BCUT2D eigenvalue weighted by atomic mass is 32.2. The largest absolute Gasteiger partial charge is 0.311 e. The molecule has 1 saturated heterocycles. The van der Waals surface area contributed by atoms with Gasteiger partial charge in [0.25, 0.3) is 0 Å². The van der Waals surface area contributed by atoms with Crippen molar-refractivity contribution in [3.05, 3.63) is 23.3 Å². The van der Waals surface area contributed by atoms with E-state index in [1.807, 2.05) is 27.7 Å². The van der Waals surface area contributed by atoms with Gasteiger partial charge in [-0.1, -0.05) is 0 Å². The van der Waals surface area contributed by atoms with E-state index in [1.54, 1.807) is 33.1 Å². The highest BCUT2D eigenvalue weighted by Gasteiger charge is 2.45. The van der Waals surface area contributed by atoms with Gasteiger partial charge in [0.05, 0.1) is 16.0 Å². The minimum absolute atomic E-state index is 0.0343. The van der Waals surface area contributed by atoms with E-state index in [4.69, 9.17) is 0 Å². The number of carbonyl (C=O) groups is 1. The zero-order valence-electron chi connectivity index (χ0n) is 14.6. The van der Waals surface area contributed by atoms with Crippen molar-refractivity contribution in [2.75, 3.05) is 36.0 Å². The SMILES string of the molecule is CCN1C(=O)C(C)(C)c2cc(S(=O)(=O)N3CCSCC3)cc(C)c21. The second kappa shape index (κ2) is 6.04. The first-order chi connectivity index (χ1) is 11.2. The maximum atomic E-state index is 13.0. The lowest BCUT2D eigenvalue weighted by molar-refractivity contribution is -0.122. The van der Waals surface area contributed by atoms with Crippen molar-refractivity contribution >= 4 is 33.4 Å². The fraction of sp³-hybridized carbons (Fsp3) is 0.588. The number of amides is 1. The smallest absolute Gasteiger partial charge is 0.243 e. The summed E-state index contributed by atoms with van der Waals surface area (Å²) in [5.74, 6) is 1.69. The van der Waals surface area contributed by atoms with Crippen LogP contribution in [-0.2, 0) is 20.2 Å². The standard InChI is InChI=1S/C17H24N2O3S2/c1-5-19-15-12(2)10-13(11-14(15)17(3,4)16(19)20)24(21,22)18-6-8-23-9-7-18/h10-11H,5-9H2,1-4H3. The molecule has 0 unspecified atom stereocenters. The lowest BCUT2D eigenvalue weighted by Gasteiger charge is -2.26. The molecule has 0 saturated carbocycles. The first kappa shape index (κ1) is 17.8. The summed E-state index contributed by atoms with van der Waals surface area (Å²) in [6.07, 6.45) is 0. The summed E-state index contributed by atoms with van der Waals surface area (Å²) < 4.78 is 27.6. The molecule has 24 heavy (non-hydrogen) atoms. The van der Waals surface area contributed by atoms with Crippen molar-refractivity contribution in [2.45, 2.75) is 38.0 Å². The van der Waals surface area contributed by atoms with Gasteiger partial charge in [0.2, 0.25) is 15.9 Å². The molecule has 1 fully saturated rings. The number of carbonyl (C=O) groups excluding carboxylic acids is 1. The summed E-state index contributed by atoms with van der Waals surface area (Å²) >= 11 is 1.78. The van der Waals surface area contributed by atoms with Crippen LogP contribution in [-0.4, -0.2) is 49.8 Å². The average molecular weight is 369 g/mol. The van der Waals surface area contributed by atoms with Gasteiger partial charge in [-0.3, -0.25) is 4.79 Å². The number of likely N-dealkylation sites (N-methyl/N-ethyl adjacent to an activating group) is 1. The fourth-order valence-electron chi connectivity index (χ4n) is 3.52. The number of nitrogens with zero attached hydrogens (tertiary/aromatic N) is 2. The van der Waals surface area contributed by atoms with Gasteiger partial charge in [-0.15, -0.1) is 0 Å². The monoisotopic (exact) mass is 368 g/mol. The molecule has 3 rings (SSSR count). The van der Waals surface area contributed by atoms with Crippen molar-refractivity contribution < 1.29 is 13.2 Å². The molecule has 132 valence electrons. The summed E-state index contributed by atoms with van der Waals surface area (Å²) in [5.41, 5.74) is 1.84. The highest BCUT2D eigenvalue weighted by Crippen LogP contribution is 2.44. The zero-order chi connectivity index (χ0) is 17.7. The molecule has 1 aromatic carbocycles. The third kappa shape index (κ3) is 2.57. The number of rotatable bonds is 3. The normalized spacial score (nSPS) is 21.2. The maximum absolute atomic E-state index is 13.0. The van der Waals surface area contributed by atoms with E-state index in [1.165, 1.54) is 0 Å². The molecule has 1 aromatic rings. The molecule has 0 bridgehead atoms. The Kier molecular flexibility index (Phi) is 4.47. The Balaban J connectivity index is 2.13. The zero-order valence-corrected chi connectivity index (χ0v) is 16.3. The molecular formula is C17H24N2O3S2. The molecule has 0 spiro atoms. The number of thioether (sulfide) groups is 1. The van der Waals surface area contributed by atoms with Crippen LogP contribution in [0.4, 0.5) is 5.69 Å². The molecule has 1 amide bonds. The molecule has 0 radical (unpaired) electrons. The van der Waals surface area contributed by atoms with Crippen LogP contribution in [0.5, 0.6) is 0 Å².